The van der Waals surface area contributed by atoms with Gasteiger partial charge in [0.1, 0.15) is 6.26 Å². The molecule has 7 nitrogen and oxygen atoms in total. The molecule has 1 aromatic heterocycles. The SMILES string of the molecule is Cc1coc(-c2ccc(NC(=O)Cc3ccccc3Cl)cc2S(N)(=O)=O)n1. The van der Waals surface area contributed by atoms with Gasteiger partial charge in [-0.05, 0) is 36.8 Å². The summed E-state index contributed by atoms with van der Waals surface area (Å²) >= 11 is 6.05. The molecule has 0 atom stereocenters. The number of nitrogens with one attached hydrogen (secondary N) is 1. The van der Waals surface area contributed by atoms with Crippen molar-refractivity contribution in [3.63, 3.8) is 0 Å². The Morgan fingerprint density at radius 1 is 1.26 bits per heavy atom. The smallest absolute Gasteiger partial charge is 0.238 e. The van der Waals surface area contributed by atoms with Gasteiger partial charge in [0.2, 0.25) is 21.8 Å². The van der Waals surface area contributed by atoms with E-state index >= 15 is 0 Å². The third-order valence-corrected chi connectivity index (χ3v) is 5.05. The van der Waals surface area contributed by atoms with Gasteiger partial charge in [0.05, 0.1) is 22.6 Å². The molecule has 140 valence electrons. The summed E-state index contributed by atoms with van der Waals surface area (Å²) in [6.07, 6.45) is 1.45. The fraction of sp³-hybridized carbons (Fsp3) is 0.111. The highest BCUT2D eigenvalue weighted by atomic mass is 35.5. The standard InChI is InChI=1S/C18H16ClN3O4S/c1-11-10-26-18(21-11)14-7-6-13(9-16(14)27(20,24)25)22-17(23)8-12-4-2-3-5-15(12)19/h2-7,9-10H,8H2,1H3,(H,22,23)(H2,20,24,25). The molecule has 0 aliphatic heterocycles. The van der Waals surface area contributed by atoms with Crippen LogP contribution in [-0.4, -0.2) is 19.3 Å². The molecular weight excluding hydrogens is 390 g/mol. The van der Waals surface area contributed by atoms with Crippen LogP contribution in [0.4, 0.5) is 5.69 Å². The van der Waals surface area contributed by atoms with Crippen LogP contribution in [0.15, 0.2) is 58.0 Å². The molecule has 0 unspecified atom stereocenters. The molecule has 0 aliphatic carbocycles. The average Bonchev–Trinajstić information content (AvgIpc) is 3.02. The number of nitrogens with two attached hydrogens (primary N) is 1. The molecule has 1 heterocycles. The third-order valence-electron chi connectivity index (χ3n) is 3.73. The highest BCUT2D eigenvalue weighted by Gasteiger charge is 2.20. The van der Waals surface area contributed by atoms with E-state index in [-0.39, 0.29) is 34.4 Å². The van der Waals surface area contributed by atoms with E-state index < -0.39 is 10.0 Å². The second-order valence-electron chi connectivity index (χ2n) is 5.87. The molecule has 3 N–H and O–H groups in total. The predicted octanol–water partition coefficient (Wildman–Crippen LogP) is 3.13. The van der Waals surface area contributed by atoms with Crippen LogP contribution < -0.4 is 10.5 Å². The molecule has 1 amide bonds. The van der Waals surface area contributed by atoms with E-state index in [2.05, 4.69) is 10.3 Å². The van der Waals surface area contributed by atoms with Gasteiger partial charge in [-0.2, -0.15) is 0 Å². The predicted molar refractivity (Wildman–Crippen MR) is 102 cm³/mol. The molecule has 3 aromatic rings. The van der Waals surface area contributed by atoms with E-state index in [1.165, 1.54) is 18.4 Å². The Morgan fingerprint density at radius 3 is 2.63 bits per heavy atom. The first-order chi connectivity index (χ1) is 12.7. The Kier molecular flexibility index (Phi) is 5.31. The van der Waals surface area contributed by atoms with Crippen molar-refractivity contribution < 1.29 is 17.6 Å². The Hall–Kier alpha value is -2.68. The van der Waals surface area contributed by atoms with Gasteiger partial charge >= 0.3 is 0 Å². The first kappa shape index (κ1) is 19.1. The molecule has 0 saturated heterocycles. The number of primary sulfonamides is 1. The summed E-state index contributed by atoms with van der Waals surface area (Å²) in [5.41, 5.74) is 1.76. The summed E-state index contributed by atoms with van der Waals surface area (Å²) in [5, 5.41) is 8.44. The van der Waals surface area contributed by atoms with Crippen molar-refractivity contribution in [2.75, 3.05) is 5.32 Å². The van der Waals surface area contributed by atoms with E-state index in [9.17, 15) is 13.2 Å². The van der Waals surface area contributed by atoms with E-state index in [0.717, 1.165) is 0 Å². The lowest BCUT2D eigenvalue weighted by molar-refractivity contribution is -0.115. The molecule has 0 saturated carbocycles. The highest BCUT2D eigenvalue weighted by Crippen LogP contribution is 2.29. The minimum Gasteiger partial charge on any atom is -0.444 e. The van der Waals surface area contributed by atoms with Gasteiger partial charge in [-0.25, -0.2) is 18.5 Å². The minimum atomic E-state index is -4.07. The topological polar surface area (TPSA) is 115 Å². The van der Waals surface area contributed by atoms with Crippen LogP contribution in [-0.2, 0) is 21.2 Å². The number of anilines is 1. The summed E-state index contributed by atoms with van der Waals surface area (Å²) in [7, 11) is -4.07. The fourth-order valence-electron chi connectivity index (χ4n) is 2.51. The lowest BCUT2D eigenvalue weighted by Crippen LogP contribution is -2.17. The lowest BCUT2D eigenvalue weighted by Gasteiger charge is -2.10. The van der Waals surface area contributed by atoms with E-state index in [4.69, 9.17) is 21.2 Å². The van der Waals surface area contributed by atoms with Gasteiger partial charge in [-0.15, -0.1) is 0 Å². The van der Waals surface area contributed by atoms with Crippen LogP contribution in [0.5, 0.6) is 0 Å². The number of hydrogen-bond donors (Lipinski definition) is 2. The number of aromatic nitrogens is 1. The van der Waals surface area contributed by atoms with Gasteiger partial charge in [-0.1, -0.05) is 29.8 Å². The number of oxazole rings is 1. The second-order valence-corrected chi connectivity index (χ2v) is 7.80. The number of hydrogen-bond acceptors (Lipinski definition) is 5. The van der Waals surface area contributed by atoms with Crippen LogP contribution in [0.2, 0.25) is 5.02 Å². The summed E-state index contributed by atoms with van der Waals surface area (Å²) < 4.78 is 29.2. The van der Waals surface area contributed by atoms with E-state index in [0.29, 0.717) is 16.3 Å². The van der Waals surface area contributed by atoms with Gasteiger partial charge < -0.3 is 9.73 Å². The Bertz CT molecular complexity index is 1110. The number of nitrogens with zero attached hydrogens (tertiary/aromatic N) is 1. The molecule has 0 spiro atoms. The number of rotatable bonds is 5. The first-order valence-corrected chi connectivity index (χ1v) is 9.79. The zero-order valence-corrected chi connectivity index (χ0v) is 15.8. The quantitative estimate of drug-likeness (QED) is 0.676. The number of amides is 1. The highest BCUT2D eigenvalue weighted by molar-refractivity contribution is 7.89. The van der Waals surface area contributed by atoms with Gasteiger partial charge in [0.15, 0.2) is 0 Å². The van der Waals surface area contributed by atoms with Crippen LogP contribution in [0.3, 0.4) is 0 Å². The Balaban J connectivity index is 1.89. The number of carbonyl (C=O) groups is 1. The third kappa shape index (κ3) is 4.54. The summed E-state index contributed by atoms with van der Waals surface area (Å²) in [6.45, 7) is 1.72. The van der Waals surface area contributed by atoms with Crippen LogP contribution in [0, 0.1) is 6.92 Å². The average molecular weight is 406 g/mol. The number of benzene rings is 2. The number of sulfonamides is 1. The largest absolute Gasteiger partial charge is 0.444 e. The van der Waals surface area contributed by atoms with Crippen LogP contribution in [0.25, 0.3) is 11.5 Å². The van der Waals surface area contributed by atoms with Crippen LogP contribution >= 0.6 is 11.6 Å². The van der Waals surface area contributed by atoms with Crippen molar-refractivity contribution in [3.05, 3.63) is 65.0 Å². The normalized spacial score (nSPS) is 11.4. The van der Waals surface area contributed by atoms with E-state index in [1.807, 2.05) is 0 Å². The number of aryl methyl sites for hydroxylation is 1. The summed E-state index contributed by atoms with van der Waals surface area (Å²) in [6, 6.07) is 11.3. The maximum Gasteiger partial charge on any atom is 0.238 e. The first-order valence-electron chi connectivity index (χ1n) is 7.86. The lowest BCUT2D eigenvalue weighted by atomic mass is 10.1. The van der Waals surface area contributed by atoms with Gasteiger partial charge in [0.25, 0.3) is 0 Å². The van der Waals surface area contributed by atoms with Crippen molar-refractivity contribution >= 4 is 33.2 Å². The summed E-state index contributed by atoms with van der Waals surface area (Å²) in [5.74, 6) is -0.214. The number of halogens is 1. The minimum absolute atomic E-state index is 0.0467. The molecule has 9 heteroatoms. The summed E-state index contributed by atoms with van der Waals surface area (Å²) in [4.78, 5) is 16.2. The molecular formula is C18H16ClN3O4S. The Morgan fingerprint density at radius 2 is 2.00 bits per heavy atom. The molecule has 0 radical (unpaired) electrons. The Labute approximate surface area is 161 Å². The molecule has 27 heavy (non-hydrogen) atoms. The molecule has 0 bridgehead atoms. The monoisotopic (exact) mass is 405 g/mol. The van der Waals surface area contributed by atoms with Gasteiger partial charge in [-0.3, -0.25) is 4.79 Å². The van der Waals surface area contributed by atoms with Crippen molar-refractivity contribution in [1.29, 1.82) is 0 Å². The second kappa shape index (κ2) is 7.51. The molecule has 0 fully saturated rings. The van der Waals surface area contributed by atoms with Crippen molar-refractivity contribution in [2.24, 2.45) is 5.14 Å². The molecule has 0 aliphatic rings. The maximum absolute atomic E-state index is 12.3. The van der Waals surface area contributed by atoms with Gasteiger partial charge in [0, 0.05) is 10.7 Å². The maximum atomic E-state index is 12.3. The van der Waals surface area contributed by atoms with Crippen molar-refractivity contribution in [3.8, 4) is 11.5 Å². The molecule has 2 aromatic carbocycles. The van der Waals surface area contributed by atoms with E-state index in [1.54, 1.807) is 37.3 Å². The molecule has 3 rings (SSSR count). The fourth-order valence-corrected chi connectivity index (χ4v) is 3.47. The van der Waals surface area contributed by atoms with Crippen LogP contribution in [0.1, 0.15) is 11.3 Å². The zero-order chi connectivity index (χ0) is 19.6. The van der Waals surface area contributed by atoms with Crippen molar-refractivity contribution in [1.82, 2.24) is 4.98 Å². The zero-order valence-electron chi connectivity index (χ0n) is 14.3. The number of carbonyl (C=O) groups excluding carboxylic acids is 1. The van der Waals surface area contributed by atoms with Crippen molar-refractivity contribution in [2.45, 2.75) is 18.2 Å².